The molecule has 1 atom stereocenters. The molecule has 5 nitrogen and oxygen atoms in total. The van der Waals surface area contributed by atoms with Crippen LogP contribution in [-0.2, 0) is 9.53 Å². The number of carbonyl (C=O) groups is 1. The molecule has 1 heterocycles. The maximum Gasteiger partial charge on any atom is 0.262 e. The Balaban J connectivity index is 2.16. The summed E-state index contributed by atoms with van der Waals surface area (Å²) in [4.78, 5) is 12.7. The van der Waals surface area contributed by atoms with E-state index in [-0.39, 0.29) is 23.6 Å². The van der Waals surface area contributed by atoms with Gasteiger partial charge in [-0.15, -0.1) is 0 Å². The van der Waals surface area contributed by atoms with Crippen molar-refractivity contribution < 1.29 is 9.53 Å². The number of nitrogens with zero attached hydrogens (tertiary/aromatic N) is 2. The number of methoxy groups -OCH3 is 1. The molecule has 1 amide bonds. The molecule has 1 aromatic heterocycles. The first-order valence-corrected chi connectivity index (χ1v) is 10.1. The van der Waals surface area contributed by atoms with Crippen LogP contribution in [-0.4, -0.2) is 30.2 Å². The molecule has 0 radical (unpaired) electrons. The Labute approximate surface area is 163 Å². The minimum atomic E-state index is -0.252. The number of ether oxygens (including phenoxy) is 1. The van der Waals surface area contributed by atoms with E-state index in [2.05, 4.69) is 22.9 Å². The summed E-state index contributed by atoms with van der Waals surface area (Å²) in [6.07, 6.45) is 9.79. The van der Waals surface area contributed by atoms with Crippen LogP contribution in [0.5, 0.6) is 0 Å². The molecule has 1 N–H and O–H groups in total. The zero-order valence-electron chi connectivity index (χ0n) is 17.2. The van der Waals surface area contributed by atoms with Crippen LogP contribution < -0.4 is 5.32 Å². The van der Waals surface area contributed by atoms with E-state index in [4.69, 9.17) is 4.74 Å². The predicted octanol–water partition coefficient (Wildman–Crippen LogP) is 4.45. The Kier molecular flexibility index (Phi) is 8.12. The van der Waals surface area contributed by atoms with Crippen molar-refractivity contribution in [1.82, 2.24) is 9.88 Å². The minimum absolute atomic E-state index is 0.178. The summed E-state index contributed by atoms with van der Waals surface area (Å²) in [7, 11) is 1.69. The van der Waals surface area contributed by atoms with E-state index in [1.807, 2.05) is 19.9 Å². The van der Waals surface area contributed by atoms with E-state index in [0.717, 1.165) is 42.6 Å². The Morgan fingerprint density at radius 3 is 2.56 bits per heavy atom. The first-order valence-electron chi connectivity index (χ1n) is 10.1. The standard InChI is InChI=1S/C22H33N3O2/c1-16-12-19(18(3)25(16)17(2)15-27-4)13-20(14-23)22(26)24-21-10-8-6-5-7-9-11-21/h12-13,17,21H,5-11,15H2,1-4H3,(H,24,26)/b20-13-. The van der Waals surface area contributed by atoms with Crippen LogP contribution in [0.2, 0.25) is 0 Å². The second-order valence-electron chi connectivity index (χ2n) is 7.69. The summed E-state index contributed by atoms with van der Waals surface area (Å²) >= 11 is 0. The number of hydrogen-bond donors (Lipinski definition) is 1. The largest absolute Gasteiger partial charge is 0.383 e. The molecule has 2 rings (SSSR count). The van der Waals surface area contributed by atoms with Crippen molar-refractivity contribution in [2.24, 2.45) is 0 Å². The van der Waals surface area contributed by atoms with Crippen molar-refractivity contribution in [1.29, 1.82) is 5.26 Å². The van der Waals surface area contributed by atoms with Crippen molar-refractivity contribution in [3.63, 3.8) is 0 Å². The van der Waals surface area contributed by atoms with Gasteiger partial charge in [0.25, 0.3) is 5.91 Å². The average molecular weight is 372 g/mol. The Morgan fingerprint density at radius 2 is 1.96 bits per heavy atom. The van der Waals surface area contributed by atoms with Gasteiger partial charge in [-0.25, -0.2) is 0 Å². The number of amides is 1. The summed E-state index contributed by atoms with van der Waals surface area (Å²) in [6, 6.07) is 4.51. The monoisotopic (exact) mass is 371 g/mol. The molecule has 1 fully saturated rings. The van der Waals surface area contributed by atoms with E-state index in [0.29, 0.717) is 6.61 Å². The van der Waals surface area contributed by atoms with Gasteiger partial charge in [-0.05, 0) is 51.3 Å². The summed E-state index contributed by atoms with van der Waals surface area (Å²) in [5.74, 6) is -0.252. The van der Waals surface area contributed by atoms with Crippen molar-refractivity contribution in [2.75, 3.05) is 13.7 Å². The highest BCUT2D eigenvalue weighted by Gasteiger charge is 2.19. The number of nitriles is 1. The molecule has 0 saturated heterocycles. The molecule has 1 unspecified atom stereocenters. The van der Waals surface area contributed by atoms with Crippen LogP contribution in [0.4, 0.5) is 0 Å². The van der Waals surface area contributed by atoms with Gasteiger partial charge in [0.2, 0.25) is 0 Å². The van der Waals surface area contributed by atoms with Gasteiger partial charge in [0.1, 0.15) is 11.6 Å². The fourth-order valence-electron chi connectivity index (χ4n) is 4.11. The lowest BCUT2D eigenvalue weighted by molar-refractivity contribution is -0.117. The zero-order valence-corrected chi connectivity index (χ0v) is 17.2. The molecule has 1 aromatic rings. The van der Waals surface area contributed by atoms with E-state index in [9.17, 15) is 10.1 Å². The lowest BCUT2D eigenvalue weighted by atomic mass is 9.96. The van der Waals surface area contributed by atoms with E-state index in [1.165, 1.54) is 19.3 Å². The molecule has 27 heavy (non-hydrogen) atoms. The molecule has 1 aliphatic carbocycles. The Hall–Kier alpha value is -2.06. The fraction of sp³-hybridized carbons (Fsp3) is 0.636. The van der Waals surface area contributed by atoms with Crippen molar-refractivity contribution in [2.45, 2.75) is 77.8 Å². The number of aryl methyl sites for hydroxylation is 1. The third kappa shape index (κ3) is 5.71. The number of nitrogens with one attached hydrogen (secondary N) is 1. The summed E-state index contributed by atoms with van der Waals surface area (Å²) in [5.41, 5.74) is 3.24. The van der Waals surface area contributed by atoms with Gasteiger partial charge >= 0.3 is 0 Å². The van der Waals surface area contributed by atoms with Crippen LogP contribution in [0.15, 0.2) is 11.6 Å². The van der Waals surface area contributed by atoms with Gasteiger partial charge in [-0.1, -0.05) is 32.1 Å². The van der Waals surface area contributed by atoms with E-state index >= 15 is 0 Å². The highest BCUT2D eigenvalue weighted by atomic mass is 16.5. The first-order chi connectivity index (χ1) is 13.0. The number of hydrogen-bond acceptors (Lipinski definition) is 3. The SMILES string of the molecule is COCC(C)n1c(C)cc(/C=C(/C#N)C(=O)NC2CCCCCCC2)c1C. The highest BCUT2D eigenvalue weighted by Crippen LogP contribution is 2.23. The highest BCUT2D eigenvalue weighted by molar-refractivity contribution is 6.02. The fourth-order valence-corrected chi connectivity index (χ4v) is 4.11. The van der Waals surface area contributed by atoms with Gasteiger partial charge in [-0.2, -0.15) is 5.26 Å². The van der Waals surface area contributed by atoms with E-state index < -0.39 is 0 Å². The van der Waals surface area contributed by atoms with Gasteiger partial charge in [0, 0.05) is 24.5 Å². The van der Waals surface area contributed by atoms with Gasteiger partial charge in [-0.3, -0.25) is 4.79 Å². The van der Waals surface area contributed by atoms with Crippen molar-refractivity contribution >= 4 is 12.0 Å². The Morgan fingerprint density at radius 1 is 1.33 bits per heavy atom. The molecule has 148 valence electrons. The van der Waals surface area contributed by atoms with Crippen molar-refractivity contribution in [3.8, 4) is 6.07 Å². The average Bonchev–Trinajstić information content (AvgIpc) is 2.88. The topological polar surface area (TPSA) is 67.0 Å². The smallest absolute Gasteiger partial charge is 0.262 e. The Bertz CT molecular complexity index is 704. The van der Waals surface area contributed by atoms with Gasteiger partial charge in [0.05, 0.1) is 12.6 Å². The molecule has 0 aliphatic heterocycles. The summed E-state index contributed by atoms with van der Waals surface area (Å²) in [5, 5.41) is 12.6. The van der Waals surface area contributed by atoms with E-state index in [1.54, 1.807) is 13.2 Å². The van der Waals surface area contributed by atoms with Crippen LogP contribution in [0.25, 0.3) is 6.08 Å². The molecular weight excluding hydrogens is 338 g/mol. The zero-order chi connectivity index (χ0) is 19.8. The molecular formula is C22H33N3O2. The molecule has 0 spiro atoms. The van der Waals surface area contributed by atoms with Crippen LogP contribution in [0.1, 0.15) is 74.9 Å². The second kappa shape index (κ2) is 10.3. The molecule has 0 aromatic carbocycles. The normalized spacial score (nSPS) is 17.7. The molecule has 1 saturated carbocycles. The van der Waals surface area contributed by atoms with Crippen LogP contribution in [0.3, 0.4) is 0 Å². The number of carbonyl (C=O) groups excluding carboxylic acids is 1. The molecule has 1 aliphatic rings. The maximum atomic E-state index is 12.7. The number of aromatic nitrogens is 1. The van der Waals surface area contributed by atoms with Crippen molar-refractivity contribution in [3.05, 3.63) is 28.6 Å². The van der Waals surface area contributed by atoms with Gasteiger partial charge < -0.3 is 14.6 Å². The third-order valence-electron chi connectivity index (χ3n) is 5.48. The number of rotatable bonds is 6. The second-order valence-corrected chi connectivity index (χ2v) is 7.69. The lowest BCUT2D eigenvalue weighted by Crippen LogP contribution is -2.35. The summed E-state index contributed by atoms with van der Waals surface area (Å²) < 4.78 is 7.46. The lowest BCUT2D eigenvalue weighted by Gasteiger charge is -2.20. The van der Waals surface area contributed by atoms with Crippen LogP contribution in [0, 0.1) is 25.2 Å². The predicted molar refractivity (Wildman–Crippen MR) is 108 cm³/mol. The third-order valence-corrected chi connectivity index (χ3v) is 5.48. The quantitative estimate of drug-likeness (QED) is 0.593. The maximum absolute atomic E-state index is 12.7. The van der Waals surface area contributed by atoms with Gasteiger partial charge in [0.15, 0.2) is 0 Å². The first kappa shape index (κ1) is 21.2. The van der Waals surface area contributed by atoms with Crippen LogP contribution >= 0.6 is 0 Å². The molecule has 5 heteroatoms. The minimum Gasteiger partial charge on any atom is -0.383 e. The molecule has 0 bridgehead atoms. The summed E-state index contributed by atoms with van der Waals surface area (Å²) in [6.45, 7) is 6.78.